The number of nitrogens with zero attached hydrogens (tertiary/aromatic N) is 2. The van der Waals surface area contributed by atoms with E-state index >= 15 is 0 Å². The zero-order valence-electron chi connectivity index (χ0n) is 15.7. The van der Waals surface area contributed by atoms with Gasteiger partial charge in [0.15, 0.2) is 5.13 Å². The largest absolute Gasteiger partial charge is 0.417 e. The van der Waals surface area contributed by atoms with Gasteiger partial charge in [-0.15, -0.1) is 11.3 Å². The molecule has 6 nitrogen and oxygen atoms in total. The molecule has 0 atom stereocenters. The van der Waals surface area contributed by atoms with Crippen molar-refractivity contribution < 1.29 is 18.0 Å². The van der Waals surface area contributed by atoms with Gasteiger partial charge in [-0.25, -0.2) is 4.98 Å². The highest BCUT2D eigenvalue weighted by Gasteiger charge is 2.34. The maximum Gasteiger partial charge on any atom is 0.417 e. The summed E-state index contributed by atoms with van der Waals surface area (Å²) in [6, 6.07) is 5.18. The van der Waals surface area contributed by atoms with Gasteiger partial charge >= 0.3 is 6.18 Å². The molecule has 164 valence electrons. The average Bonchev–Trinajstić information content (AvgIpc) is 3.09. The van der Waals surface area contributed by atoms with Gasteiger partial charge in [-0.2, -0.15) is 45.4 Å². The summed E-state index contributed by atoms with van der Waals surface area (Å²) in [6.45, 7) is 0. The van der Waals surface area contributed by atoms with Crippen LogP contribution >= 0.6 is 38.3 Å². The van der Waals surface area contributed by atoms with E-state index in [1.807, 2.05) is 0 Å². The SMILES string of the molecule is N#Cc1ccc(NC2CCC(NC(=O)c3csc(N)n3)CC2)cc1C(F)(F)F.S.S. The van der Waals surface area contributed by atoms with Crippen molar-refractivity contribution in [3.8, 4) is 6.07 Å². The minimum atomic E-state index is -4.58. The molecule has 0 bridgehead atoms. The Bertz CT molecular complexity index is 905. The van der Waals surface area contributed by atoms with Gasteiger partial charge in [0.1, 0.15) is 5.69 Å². The molecule has 0 spiro atoms. The summed E-state index contributed by atoms with van der Waals surface area (Å²) in [5.74, 6) is -0.272. The smallest absolute Gasteiger partial charge is 0.382 e. The lowest BCUT2D eigenvalue weighted by Gasteiger charge is -2.30. The van der Waals surface area contributed by atoms with E-state index < -0.39 is 17.3 Å². The molecule has 4 N–H and O–H groups in total. The number of halogens is 3. The molecular weight excluding hydrogens is 455 g/mol. The highest BCUT2D eigenvalue weighted by molar-refractivity contribution is 7.59. The van der Waals surface area contributed by atoms with Crippen molar-refractivity contribution in [3.63, 3.8) is 0 Å². The van der Waals surface area contributed by atoms with Crippen LogP contribution in [0.3, 0.4) is 0 Å². The van der Waals surface area contributed by atoms with Gasteiger partial charge in [-0.1, -0.05) is 0 Å². The molecule has 0 radical (unpaired) electrons. The lowest BCUT2D eigenvalue weighted by Crippen LogP contribution is -2.40. The monoisotopic (exact) mass is 477 g/mol. The molecule has 1 saturated carbocycles. The molecule has 1 fully saturated rings. The molecule has 1 heterocycles. The molecule has 1 amide bonds. The Morgan fingerprint density at radius 2 is 1.83 bits per heavy atom. The predicted octanol–water partition coefficient (Wildman–Crippen LogP) is 3.99. The zero-order valence-corrected chi connectivity index (χ0v) is 18.5. The first kappa shape index (κ1) is 25.9. The minimum absolute atomic E-state index is 0. The van der Waals surface area contributed by atoms with Crippen molar-refractivity contribution in [1.82, 2.24) is 10.3 Å². The number of hydrogen-bond donors (Lipinski definition) is 3. The van der Waals surface area contributed by atoms with Crippen LogP contribution in [0.15, 0.2) is 23.6 Å². The summed E-state index contributed by atoms with van der Waals surface area (Å²) in [5, 5.41) is 16.8. The molecule has 30 heavy (non-hydrogen) atoms. The predicted molar refractivity (Wildman–Crippen MR) is 121 cm³/mol. The fourth-order valence-electron chi connectivity index (χ4n) is 3.24. The van der Waals surface area contributed by atoms with E-state index in [4.69, 9.17) is 11.0 Å². The van der Waals surface area contributed by atoms with Crippen LogP contribution in [0.5, 0.6) is 0 Å². The van der Waals surface area contributed by atoms with E-state index in [-0.39, 0.29) is 45.0 Å². The van der Waals surface area contributed by atoms with Gasteiger partial charge in [0.2, 0.25) is 0 Å². The van der Waals surface area contributed by atoms with E-state index in [2.05, 4.69) is 15.6 Å². The fourth-order valence-corrected chi connectivity index (χ4v) is 3.78. The maximum absolute atomic E-state index is 13.1. The molecule has 0 aliphatic heterocycles. The van der Waals surface area contributed by atoms with Crippen LogP contribution in [-0.4, -0.2) is 23.0 Å². The number of aromatic nitrogens is 1. The van der Waals surface area contributed by atoms with Crippen LogP contribution in [-0.2, 0) is 6.18 Å². The van der Waals surface area contributed by atoms with Crippen molar-refractivity contribution in [1.29, 1.82) is 5.26 Å². The summed E-state index contributed by atoms with van der Waals surface area (Å²) in [7, 11) is 0. The molecule has 0 saturated heterocycles. The molecule has 1 aromatic heterocycles. The van der Waals surface area contributed by atoms with Gasteiger partial charge in [0.25, 0.3) is 5.91 Å². The Hall–Kier alpha value is -2.10. The Balaban J connectivity index is 0.00000225. The van der Waals surface area contributed by atoms with Gasteiger partial charge in [0.05, 0.1) is 17.2 Å². The lowest BCUT2D eigenvalue weighted by molar-refractivity contribution is -0.137. The number of anilines is 2. The van der Waals surface area contributed by atoms with Gasteiger partial charge < -0.3 is 16.4 Å². The number of thiazole rings is 1. The van der Waals surface area contributed by atoms with Crippen molar-refractivity contribution >= 4 is 55.1 Å². The number of carbonyl (C=O) groups excluding carboxylic acids is 1. The molecule has 1 aromatic carbocycles. The number of nitrogen functional groups attached to an aromatic ring is 1. The Morgan fingerprint density at radius 3 is 2.37 bits per heavy atom. The number of nitrogens with two attached hydrogens (primary N) is 1. The Kier molecular flexibility index (Phi) is 9.33. The van der Waals surface area contributed by atoms with Gasteiger partial charge in [-0.3, -0.25) is 4.79 Å². The number of hydrogen-bond acceptors (Lipinski definition) is 6. The maximum atomic E-state index is 13.1. The lowest BCUT2D eigenvalue weighted by atomic mass is 9.90. The molecule has 3 rings (SSSR count). The van der Waals surface area contributed by atoms with E-state index in [0.29, 0.717) is 42.2 Å². The summed E-state index contributed by atoms with van der Waals surface area (Å²) >= 11 is 1.20. The van der Waals surface area contributed by atoms with Crippen molar-refractivity contribution in [2.75, 3.05) is 11.1 Å². The van der Waals surface area contributed by atoms with Crippen molar-refractivity contribution in [3.05, 3.63) is 40.4 Å². The number of alkyl halides is 3. The van der Waals surface area contributed by atoms with Crippen molar-refractivity contribution in [2.45, 2.75) is 43.9 Å². The minimum Gasteiger partial charge on any atom is -0.382 e. The van der Waals surface area contributed by atoms with Crippen LogP contribution in [0.2, 0.25) is 0 Å². The first-order chi connectivity index (χ1) is 13.3. The molecule has 2 aromatic rings. The molecule has 12 heteroatoms. The number of nitriles is 1. The number of benzene rings is 1. The quantitative estimate of drug-likeness (QED) is 0.618. The van der Waals surface area contributed by atoms with E-state index in [1.54, 1.807) is 11.4 Å². The first-order valence-corrected chi connectivity index (χ1v) is 9.54. The molecule has 1 aliphatic rings. The highest BCUT2D eigenvalue weighted by atomic mass is 32.1. The number of carbonyl (C=O) groups is 1. The van der Waals surface area contributed by atoms with Crippen LogP contribution in [0.1, 0.15) is 47.3 Å². The first-order valence-electron chi connectivity index (χ1n) is 8.66. The topological polar surface area (TPSA) is 104 Å². The Labute approximate surface area is 190 Å². The average molecular weight is 478 g/mol. The highest BCUT2D eigenvalue weighted by Crippen LogP contribution is 2.34. The molecule has 0 unspecified atom stereocenters. The standard InChI is InChI=1S/C18H18F3N5OS.2H2S/c19-18(20,21)14-7-13(2-1-10(14)8-22)24-11-3-5-12(6-4-11)25-16(27)15-9-28-17(23)26-15;;/h1-2,7,9,11-12,24H,3-6H2,(H2,23,26)(H,25,27);2*1H2. The number of rotatable bonds is 4. The third kappa shape index (κ3) is 6.45. The van der Waals surface area contributed by atoms with E-state index in [1.165, 1.54) is 23.5 Å². The van der Waals surface area contributed by atoms with E-state index in [0.717, 1.165) is 6.07 Å². The normalized spacial score (nSPS) is 18.3. The fraction of sp³-hybridized carbons (Fsp3) is 0.389. The second kappa shape index (κ2) is 10.8. The zero-order chi connectivity index (χ0) is 20.3. The van der Waals surface area contributed by atoms with Crippen LogP contribution in [0.25, 0.3) is 0 Å². The van der Waals surface area contributed by atoms with Crippen LogP contribution in [0, 0.1) is 11.3 Å². The van der Waals surface area contributed by atoms with Gasteiger partial charge in [-0.05, 0) is 43.9 Å². The Morgan fingerprint density at radius 1 is 1.20 bits per heavy atom. The number of amides is 1. The molecule has 1 aliphatic carbocycles. The molecular formula is C18H22F3N5OS3. The summed E-state index contributed by atoms with van der Waals surface area (Å²) < 4.78 is 39.2. The second-order valence-electron chi connectivity index (χ2n) is 6.61. The summed E-state index contributed by atoms with van der Waals surface area (Å²) in [6.07, 6.45) is -1.78. The third-order valence-electron chi connectivity index (χ3n) is 4.63. The van der Waals surface area contributed by atoms with Crippen molar-refractivity contribution in [2.24, 2.45) is 0 Å². The van der Waals surface area contributed by atoms with Crippen LogP contribution < -0.4 is 16.4 Å². The van der Waals surface area contributed by atoms with Gasteiger partial charge in [0, 0.05) is 23.2 Å². The third-order valence-corrected chi connectivity index (χ3v) is 5.31. The second-order valence-corrected chi connectivity index (χ2v) is 7.50. The van der Waals surface area contributed by atoms with E-state index in [9.17, 15) is 18.0 Å². The summed E-state index contributed by atoms with van der Waals surface area (Å²) in [4.78, 5) is 16.1. The summed E-state index contributed by atoms with van der Waals surface area (Å²) in [5.41, 5.74) is 4.81. The number of nitrogens with one attached hydrogen (secondary N) is 2. The van der Waals surface area contributed by atoms with Crippen LogP contribution in [0.4, 0.5) is 24.0 Å².